The third kappa shape index (κ3) is 5.78. The maximum Gasteiger partial charge on any atom is 0.332 e. The highest BCUT2D eigenvalue weighted by Gasteiger charge is 2.22. The molecule has 1 aromatic carbocycles. The molecule has 0 spiro atoms. The van der Waals surface area contributed by atoms with Gasteiger partial charge in [-0.05, 0) is 19.4 Å². The molecule has 0 fully saturated rings. The lowest BCUT2D eigenvalue weighted by Gasteiger charge is -2.16. The number of ether oxygens (including phenoxy) is 1. The Morgan fingerprint density at radius 3 is 2.22 bits per heavy atom. The lowest BCUT2D eigenvalue weighted by molar-refractivity contribution is 0.127. The molecule has 0 unspecified atom stereocenters. The Labute approximate surface area is 109 Å². The van der Waals surface area contributed by atoms with Gasteiger partial charge in [0.2, 0.25) is 0 Å². The van der Waals surface area contributed by atoms with E-state index in [4.69, 9.17) is 13.8 Å². The van der Waals surface area contributed by atoms with Gasteiger partial charge in [-0.1, -0.05) is 30.3 Å². The zero-order chi connectivity index (χ0) is 13.3. The maximum atomic E-state index is 12.1. The maximum absolute atomic E-state index is 12.1. The topological polar surface area (TPSA) is 44.8 Å². The van der Waals surface area contributed by atoms with E-state index in [0.29, 0.717) is 32.6 Å². The van der Waals surface area contributed by atoms with Crippen molar-refractivity contribution in [2.24, 2.45) is 0 Å². The van der Waals surface area contributed by atoms with Crippen LogP contribution in [0.15, 0.2) is 30.3 Å². The van der Waals surface area contributed by atoms with E-state index in [1.165, 1.54) is 0 Å². The van der Waals surface area contributed by atoms with Gasteiger partial charge in [-0.2, -0.15) is 0 Å². The Kier molecular flexibility index (Phi) is 7.21. The lowest BCUT2D eigenvalue weighted by Crippen LogP contribution is -2.06. The molecule has 0 aromatic heterocycles. The summed E-state index contributed by atoms with van der Waals surface area (Å²) >= 11 is 0. The van der Waals surface area contributed by atoms with Crippen molar-refractivity contribution in [1.82, 2.24) is 0 Å². The Hall–Kier alpha value is -0.670. The molecular weight excluding hydrogens is 251 g/mol. The molecule has 0 aliphatic carbocycles. The predicted molar refractivity (Wildman–Crippen MR) is 71.8 cm³/mol. The fourth-order valence-corrected chi connectivity index (χ4v) is 2.97. The van der Waals surface area contributed by atoms with E-state index in [2.05, 4.69) is 0 Å². The van der Waals surface area contributed by atoms with Crippen molar-refractivity contribution in [3.63, 3.8) is 0 Å². The predicted octanol–water partition coefficient (Wildman–Crippen LogP) is 3.47. The van der Waals surface area contributed by atoms with Crippen LogP contribution in [0.5, 0.6) is 0 Å². The van der Waals surface area contributed by atoms with Crippen molar-refractivity contribution in [2.45, 2.75) is 20.5 Å². The Balaban J connectivity index is 2.29. The molecule has 0 saturated heterocycles. The van der Waals surface area contributed by atoms with E-state index in [0.717, 1.165) is 5.56 Å². The van der Waals surface area contributed by atoms with Gasteiger partial charge in [0.1, 0.15) is 0 Å². The van der Waals surface area contributed by atoms with Gasteiger partial charge >= 0.3 is 7.60 Å². The van der Waals surface area contributed by atoms with Crippen LogP contribution < -0.4 is 0 Å². The van der Waals surface area contributed by atoms with E-state index in [1.54, 1.807) is 13.8 Å². The summed E-state index contributed by atoms with van der Waals surface area (Å²) in [4.78, 5) is 0. The minimum atomic E-state index is -2.97. The zero-order valence-corrected chi connectivity index (χ0v) is 11.9. The van der Waals surface area contributed by atoms with Crippen LogP contribution in [0.4, 0.5) is 0 Å². The molecule has 4 nitrogen and oxygen atoms in total. The highest BCUT2D eigenvalue weighted by Crippen LogP contribution is 2.47. The summed E-state index contributed by atoms with van der Waals surface area (Å²) in [7, 11) is -2.97. The van der Waals surface area contributed by atoms with Crippen molar-refractivity contribution in [3.8, 4) is 0 Å². The molecular formula is C13H21O4P. The summed E-state index contributed by atoms with van der Waals surface area (Å²) in [6, 6.07) is 9.87. The van der Waals surface area contributed by atoms with Crippen LogP contribution in [0.1, 0.15) is 19.4 Å². The monoisotopic (exact) mass is 272 g/mol. The summed E-state index contributed by atoms with van der Waals surface area (Å²) in [6.07, 6.45) is 0.293. The zero-order valence-electron chi connectivity index (χ0n) is 11.0. The highest BCUT2D eigenvalue weighted by atomic mass is 31.2. The third-order valence-corrected chi connectivity index (χ3v) is 4.31. The van der Waals surface area contributed by atoms with Crippen LogP contribution in [0, 0.1) is 0 Å². The molecule has 5 heteroatoms. The van der Waals surface area contributed by atoms with Crippen LogP contribution in [-0.4, -0.2) is 26.0 Å². The van der Waals surface area contributed by atoms with Crippen LogP contribution in [0.25, 0.3) is 0 Å². The molecule has 0 amide bonds. The molecule has 18 heavy (non-hydrogen) atoms. The quantitative estimate of drug-likeness (QED) is 0.510. The Bertz CT molecular complexity index is 357. The van der Waals surface area contributed by atoms with Gasteiger partial charge < -0.3 is 13.8 Å². The molecule has 0 N–H and O–H groups in total. The second-order valence-electron chi connectivity index (χ2n) is 3.71. The van der Waals surface area contributed by atoms with Crippen LogP contribution in [-0.2, 0) is 25.0 Å². The highest BCUT2D eigenvalue weighted by molar-refractivity contribution is 7.53. The summed E-state index contributed by atoms with van der Waals surface area (Å²) in [5.74, 6) is 0. The smallest absolute Gasteiger partial charge is 0.332 e. The molecule has 1 rings (SSSR count). The molecule has 0 aliphatic rings. The van der Waals surface area contributed by atoms with Crippen molar-refractivity contribution in [2.75, 3.05) is 26.0 Å². The van der Waals surface area contributed by atoms with E-state index < -0.39 is 7.60 Å². The number of rotatable bonds is 9. The standard InChI is InChI=1S/C13H21O4P/c1-3-16-18(14,17-4-2)11-10-15-12-13-8-6-5-7-9-13/h5-9H,3-4,10-12H2,1-2H3. The Morgan fingerprint density at radius 1 is 1.06 bits per heavy atom. The van der Waals surface area contributed by atoms with Crippen molar-refractivity contribution >= 4 is 7.60 Å². The largest absolute Gasteiger partial charge is 0.376 e. The van der Waals surface area contributed by atoms with E-state index in [1.807, 2.05) is 30.3 Å². The molecule has 102 valence electrons. The fraction of sp³-hybridized carbons (Fsp3) is 0.538. The molecule has 1 aromatic rings. The second-order valence-corrected chi connectivity index (χ2v) is 5.89. The number of hydrogen-bond acceptors (Lipinski definition) is 4. The molecule has 0 atom stereocenters. The molecule has 0 radical (unpaired) electrons. The van der Waals surface area contributed by atoms with Gasteiger partial charge in [-0.25, -0.2) is 0 Å². The second kappa shape index (κ2) is 8.44. The van der Waals surface area contributed by atoms with Crippen LogP contribution >= 0.6 is 7.60 Å². The first-order chi connectivity index (χ1) is 8.70. The first-order valence-electron chi connectivity index (χ1n) is 6.20. The van der Waals surface area contributed by atoms with Crippen molar-refractivity contribution in [1.29, 1.82) is 0 Å². The first kappa shape index (κ1) is 15.4. The van der Waals surface area contributed by atoms with Crippen LogP contribution in [0.2, 0.25) is 0 Å². The van der Waals surface area contributed by atoms with E-state index in [9.17, 15) is 4.57 Å². The van der Waals surface area contributed by atoms with Gasteiger partial charge in [0.15, 0.2) is 0 Å². The average Bonchev–Trinajstić information content (AvgIpc) is 2.37. The third-order valence-electron chi connectivity index (χ3n) is 2.27. The van der Waals surface area contributed by atoms with Crippen molar-refractivity contribution in [3.05, 3.63) is 35.9 Å². The Morgan fingerprint density at radius 2 is 1.67 bits per heavy atom. The molecule has 0 saturated carbocycles. The normalized spacial score (nSPS) is 11.7. The van der Waals surface area contributed by atoms with Crippen LogP contribution in [0.3, 0.4) is 0 Å². The molecule has 0 aliphatic heterocycles. The minimum absolute atomic E-state index is 0.293. The lowest BCUT2D eigenvalue weighted by atomic mass is 10.2. The summed E-state index contributed by atoms with van der Waals surface area (Å²) in [5.41, 5.74) is 1.10. The first-order valence-corrected chi connectivity index (χ1v) is 7.93. The van der Waals surface area contributed by atoms with Crippen molar-refractivity contribution < 1.29 is 18.3 Å². The van der Waals surface area contributed by atoms with E-state index >= 15 is 0 Å². The minimum Gasteiger partial charge on any atom is -0.376 e. The SMILES string of the molecule is CCOP(=O)(CCOCc1ccccc1)OCC. The number of hydrogen-bond donors (Lipinski definition) is 0. The van der Waals surface area contributed by atoms with Gasteiger partial charge in [0.25, 0.3) is 0 Å². The van der Waals surface area contributed by atoms with Gasteiger partial charge in [0, 0.05) is 0 Å². The van der Waals surface area contributed by atoms with Gasteiger partial charge in [-0.3, -0.25) is 4.57 Å². The molecule has 0 heterocycles. The fourth-order valence-electron chi connectivity index (χ4n) is 1.50. The summed E-state index contributed by atoms with van der Waals surface area (Å²) in [6.45, 7) is 5.25. The van der Waals surface area contributed by atoms with E-state index in [-0.39, 0.29) is 0 Å². The number of benzene rings is 1. The average molecular weight is 272 g/mol. The summed E-state index contributed by atoms with van der Waals surface area (Å²) in [5, 5.41) is 0. The summed E-state index contributed by atoms with van der Waals surface area (Å²) < 4.78 is 27.9. The molecule has 0 bridgehead atoms. The van der Waals surface area contributed by atoms with Gasteiger partial charge in [-0.15, -0.1) is 0 Å². The van der Waals surface area contributed by atoms with Gasteiger partial charge in [0.05, 0.1) is 32.6 Å².